The van der Waals surface area contributed by atoms with Gasteiger partial charge in [0, 0.05) is 10.6 Å². The lowest BCUT2D eigenvalue weighted by Gasteiger charge is -2.25. The fraction of sp³-hybridized carbons (Fsp3) is 0.375. The minimum absolute atomic E-state index is 0.0409. The number of nitrogens with one attached hydrogen (secondary N) is 1. The highest BCUT2D eigenvalue weighted by atomic mass is 35.5. The molecule has 0 saturated carbocycles. The molecule has 150 valence electrons. The average Bonchev–Trinajstić information content (AvgIpc) is 3.12. The molecule has 2 aliphatic heterocycles. The summed E-state index contributed by atoms with van der Waals surface area (Å²) in [5.41, 5.74) is 0.0996. The summed E-state index contributed by atoms with van der Waals surface area (Å²) < 4.78 is 48.8. The van der Waals surface area contributed by atoms with Crippen LogP contribution in [0.15, 0.2) is 29.2 Å². The SMILES string of the molecule is O=c1[nH]c(=S)c(F)cn1C1CCC(COP2(=O)OCc3cc(Cl)ccc3O2)O1. The summed E-state index contributed by atoms with van der Waals surface area (Å²) in [6.45, 7) is -0.0317. The Morgan fingerprint density at radius 2 is 2.25 bits per heavy atom. The van der Waals surface area contributed by atoms with Gasteiger partial charge >= 0.3 is 13.5 Å². The van der Waals surface area contributed by atoms with Gasteiger partial charge in [0.1, 0.15) is 16.6 Å². The van der Waals surface area contributed by atoms with Crippen LogP contribution in [0.1, 0.15) is 24.6 Å². The van der Waals surface area contributed by atoms with Gasteiger partial charge < -0.3 is 9.26 Å². The summed E-state index contributed by atoms with van der Waals surface area (Å²) in [5.74, 6) is -0.337. The second kappa shape index (κ2) is 7.70. The molecule has 1 aromatic heterocycles. The molecule has 2 aliphatic rings. The van der Waals surface area contributed by atoms with Crippen molar-refractivity contribution in [3.63, 3.8) is 0 Å². The minimum atomic E-state index is -3.80. The first-order valence-electron chi connectivity index (χ1n) is 8.36. The number of hydrogen-bond acceptors (Lipinski definition) is 7. The molecule has 3 heterocycles. The van der Waals surface area contributed by atoms with Crippen molar-refractivity contribution in [2.75, 3.05) is 6.61 Å². The Kier molecular flexibility index (Phi) is 5.43. The number of halogens is 2. The van der Waals surface area contributed by atoms with Crippen LogP contribution in [0.25, 0.3) is 0 Å². The number of hydrogen-bond donors (Lipinski definition) is 1. The van der Waals surface area contributed by atoms with Crippen molar-refractivity contribution >= 4 is 31.6 Å². The first kappa shape index (κ1) is 19.8. The van der Waals surface area contributed by atoms with Crippen LogP contribution in [0, 0.1) is 10.5 Å². The minimum Gasteiger partial charge on any atom is -0.404 e. The molecule has 0 spiro atoms. The van der Waals surface area contributed by atoms with Crippen molar-refractivity contribution in [2.24, 2.45) is 0 Å². The number of rotatable bonds is 4. The van der Waals surface area contributed by atoms with Crippen LogP contribution >= 0.6 is 31.6 Å². The summed E-state index contributed by atoms with van der Waals surface area (Å²) in [4.78, 5) is 14.2. The largest absolute Gasteiger partial charge is 0.530 e. The molecule has 4 rings (SSSR count). The topological polar surface area (TPSA) is 91.8 Å². The second-order valence-electron chi connectivity index (χ2n) is 6.29. The molecule has 0 aliphatic carbocycles. The number of phosphoric ester groups is 1. The van der Waals surface area contributed by atoms with E-state index in [9.17, 15) is 13.8 Å². The van der Waals surface area contributed by atoms with Gasteiger partial charge in [-0.25, -0.2) is 13.8 Å². The van der Waals surface area contributed by atoms with Gasteiger partial charge in [0.15, 0.2) is 5.82 Å². The van der Waals surface area contributed by atoms with E-state index < -0.39 is 31.7 Å². The molecule has 0 bridgehead atoms. The number of ether oxygens (including phenoxy) is 1. The van der Waals surface area contributed by atoms with Crippen molar-refractivity contribution in [1.82, 2.24) is 9.55 Å². The average molecular weight is 449 g/mol. The van der Waals surface area contributed by atoms with Crippen molar-refractivity contribution < 1.29 is 27.3 Å². The van der Waals surface area contributed by atoms with Gasteiger partial charge in [-0.1, -0.05) is 23.8 Å². The van der Waals surface area contributed by atoms with E-state index in [1.165, 1.54) is 0 Å². The summed E-state index contributed by atoms with van der Waals surface area (Å²) in [5, 5.41) is 0.516. The Labute approximate surface area is 168 Å². The number of aromatic amines is 1. The highest BCUT2D eigenvalue weighted by Gasteiger charge is 2.37. The lowest BCUT2D eigenvalue weighted by Crippen LogP contribution is -2.28. The molecule has 1 aromatic carbocycles. The smallest absolute Gasteiger partial charge is 0.404 e. The van der Waals surface area contributed by atoms with Gasteiger partial charge in [0.05, 0.1) is 25.5 Å². The van der Waals surface area contributed by atoms with E-state index in [0.29, 0.717) is 29.2 Å². The fourth-order valence-corrected chi connectivity index (χ4v) is 4.55. The Morgan fingerprint density at radius 3 is 3.07 bits per heavy atom. The van der Waals surface area contributed by atoms with E-state index in [1.807, 2.05) is 0 Å². The maximum Gasteiger partial charge on any atom is 0.530 e. The van der Waals surface area contributed by atoms with Gasteiger partial charge in [0.2, 0.25) is 0 Å². The molecule has 1 saturated heterocycles. The predicted octanol–water partition coefficient (Wildman–Crippen LogP) is 4.11. The first-order chi connectivity index (χ1) is 13.3. The molecular formula is C16H15ClFN2O6PS. The molecule has 3 atom stereocenters. The monoisotopic (exact) mass is 448 g/mol. The van der Waals surface area contributed by atoms with Gasteiger partial charge in [-0.05, 0) is 31.0 Å². The van der Waals surface area contributed by atoms with E-state index >= 15 is 0 Å². The molecule has 12 heteroatoms. The molecule has 1 fully saturated rings. The van der Waals surface area contributed by atoms with Crippen LogP contribution in [0.2, 0.25) is 5.02 Å². The Hall–Kier alpha value is -1.55. The van der Waals surface area contributed by atoms with E-state index in [2.05, 4.69) is 17.2 Å². The third-order valence-electron chi connectivity index (χ3n) is 4.35. The summed E-state index contributed by atoms with van der Waals surface area (Å²) >= 11 is 10.6. The first-order valence-corrected chi connectivity index (χ1v) is 10.6. The Morgan fingerprint density at radius 1 is 1.43 bits per heavy atom. The maximum atomic E-state index is 13.6. The molecule has 2 aromatic rings. The predicted molar refractivity (Wildman–Crippen MR) is 99.4 cm³/mol. The molecular weight excluding hydrogens is 434 g/mol. The number of aromatic nitrogens is 2. The number of benzene rings is 1. The quantitative estimate of drug-likeness (QED) is 0.556. The lowest BCUT2D eigenvalue weighted by atomic mass is 10.2. The van der Waals surface area contributed by atoms with Crippen molar-refractivity contribution in [3.05, 3.63) is 55.9 Å². The number of H-pyrrole nitrogens is 1. The highest BCUT2D eigenvalue weighted by Crippen LogP contribution is 2.55. The van der Waals surface area contributed by atoms with Gasteiger partial charge in [-0.2, -0.15) is 0 Å². The van der Waals surface area contributed by atoms with Crippen LogP contribution in [-0.2, 0) is 25.0 Å². The summed E-state index contributed by atoms with van der Waals surface area (Å²) in [6.07, 6.45) is 0.825. The van der Waals surface area contributed by atoms with Crippen LogP contribution in [0.3, 0.4) is 0 Å². The van der Waals surface area contributed by atoms with E-state index in [4.69, 9.17) is 29.9 Å². The standard InChI is InChI=1S/C16H15ClFN2O6PS/c17-10-1-3-13-9(5-10)7-23-27(22,26-13)24-8-11-2-4-14(25-11)20-6-12(18)15(28)19-16(20)21/h1,3,5-6,11,14H,2,4,7-8H2,(H,19,21,28). The number of phosphoric acid groups is 1. The molecule has 0 radical (unpaired) electrons. The number of nitrogens with zero attached hydrogens (tertiary/aromatic N) is 1. The lowest BCUT2D eigenvalue weighted by molar-refractivity contribution is -0.0268. The van der Waals surface area contributed by atoms with Crippen molar-refractivity contribution in [3.8, 4) is 5.75 Å². The Bertz CT molecular complexity index is 1080. The van der Waals surface area contributed by atoms with Crippen LogP contribution in [0.5, 0.6) is 5.75 Å². The van der Waals surface area contributed by atoms with Gasteiger partial charge in [-0.15, -0.1) is 0 Å². The molecule has 0 amide bonds. The zero-order valence-corrected chi connectivity index (χ0v) is 16.8. The summed E-state index contributed by atoms with van der Waals surface area (Å²) in [6, 6.07) is 4.87. The van der Waals surface area contributed by atoms with Gasteiger partial charge in [0.25, 0.3) is 0 Å². The molecule has 28 heavy (non-hydrogen) atoms. The van der Waals surface area contributed by atoms with Crippen LogP contribution < -0.4 is 10.2 Å². The molecule has 3 unspecified atom stereocenters. The summed E-state index contributed by atoms with van der Waals surface area (Å²) in [7, 11) is -3.80. The maximum absolute atomic E-state index is 13.6. The van der Waals surface area contributed by atoms with E-state index in [1.54, 1.807) is 18.2 Å². The van der Waals surface area contributed by atoms with E-state index in [0.717, 1.165) is 10.8 Å². The van der Waals surface area contributed by atoms with Gasteiger partial charge in [-0.3, -0.25) is 18.6 Å². The second-order valence-corrected chi connectivity index (χ2v) is 8.73. The van der Waals surface area contributed by atoms with Crippen LogP contribution in [0.4, 0.5) is 4.39 Å². The third kappa shape index (κ3) is 4.07. The third-order valence-corrected chi connectivity index (χ3v) is 6.21. The Balaban J connectivity index is 1.38. The zero-order chi connectivity index (χ0) is 19.9. The molecule has 8 nitrogen and oxygen atoms in total. The van der Waals surface area contributed by atoms with Crippen molar-refractivity contribution in [1.29, 1.82) is 0 Å². The van der Waals surface area contributed by atoms with Crippen molar-refractivity contribution in [2.45, 2.75) is 31.8 Å². The number of fused-ring (bicyclic) bond motifs is 1. The highest BCUT2D eigenvalue weighted by molar-refractivity contribution is 7.71. The molecule has 1 N–H and O–H groups in total. The zero-order valence-electron chi connectivity index (χ0n) is 14.3. The van der Waals surface area contributed by atoms with Crippen LogP contribution in [-0.4, -0.2) is 22.3 Å². The normalized spacial score (nSPS) is 26.6. The van der Waals surface area contributed by atoms with E-state index in [-0.39, 0.29) is 17.9 Å². The fourth-order valence-electron chi connectivity index (χ4n) is 2.97.